The summed E-state index contributed by atoms with van der Waals surface area (Å²) in [6.45, 7) is 0.111. The summed E-state index contributed by atoms with van der Waals surface area (Å²) >= 11 is 0. The summed E-state index contributed by atoms with van der Waals surface area (Å²) in [5.74, 6) is 0.970. The Bertz CT molecular complexity index is 1330. The minimum absolute atomic E-state index is 0.111. The number of fused-ring (bicyclic) bond motifs is 1. The van der Waals surface area contributed by atoms with Gasteiger partial charge in [0.25, 0.3) is 5.91 Å². The molecule has 0 bridgehead atoms. The van der Waals surface area contributed by atoms with Crippen LogP contribution in [0.2, 0.25) is 0 Å². The number of furan rings is 1. The number of carbonyl (C=O) groups is 1. The van der Waals surface area contributed by atoms with E-state index >= 15 is 0 Å². The highest BCUT2D eigenvalue weighted by Crippen LogP contribution is 2.36. The zero-order chi connectivity index (χ0) is 23.2. The largest absolute Gasteiger partial charge is 0.463 e. The SMILES string of the molecule is CN(C(=O)c1cccc(-n2nc(C(F)(F)F)cc2-c2ccco2)c1)c1ccc2c(c1)OCO2. The molecule has 4 aromatic rings. The van der Waals surface area contributed by atoms with Crippen LogP contribution in [0, 0.1) is 0 Å². The Kier molecular flexibility index (Phi) is 4.85. The predicted molar refractivity (Wildman–Crippen MR) is 112 cm³/mol. The third-order valence-electron chi connectivity index (χ3n) is 5.16. The van der Waals surface area contributed by atoms with E-state index in [1.165, 1.54) is 23.3 Å². The van der Waals surface area contributed by atoms with E-state index in [1.54, 1.807) is 49.5 Å². The fourth-order valence-corrected chi connectivity index (χ4v) is 3.49. The van der Waals surface area contributed by atoms with Gasteiger partial charge in [-0.05, 0) is 42.5 Å². The lowest BCUT2D eigenvalue weighted by Gasteiger charge is -2.18. The molecule has 1 amide bonds. The molecule has 0 fully saturated rings. The topological polar surface area (TPSA) is 69.7 Å². The first kappa shape index (κ1) is 20.7. The van der Waals surface area contributed by atoms with Crippen molar-refractivity contribution in [1.82, 2.24) is 9.78 Å². The number of amides is 1. The van der Waals surface area contributed by atoms with Gasteiger partial charge < -0.3 is 18.8 Å². The maximum Gasteiger partial charge on any atom is 0.435 e. The number of nitrogens with zero attached hydrogens (tertiary/aromatic N) is 3. The van der Waals surface area contributed by atoms with Crippen LogP contribution in [0.25, 0.3) is 17.1 Å². The van der Waals surface area contributed by atoms with Crippen LogP contribution in [0.4, 0.5) is 18.9 Å². The molecule has 0 atom stereocenters. The minimum atomic E-state index is -4.64. The van der Waals surface area contributed by atoms with Crippen molar-refractivity contribution in [3.05, 3.63) is 78.2 Å². The van der Waals surface area contributed by atoms with Gasteiger partial charge in [-0.25, -0.2) is 4.68 Å². The number of hydrogen-bond donors (Lipinski definition) is 0. The van der Waals surface area contributed by atoms with Gasteiger partial charge in [0.15, 0.2) is 23.0 Å². The first-order valence-corrected chi connectivity index (χ1v) is 9.80. The molecule has 2 aromatic heterocycles. The van der Waals surface area contributed by atoms with Crippen LogP contribution in [0.1, 0.15) is 16.1 Å². The first-order valence-electron chi connectivity index (χ1n) is 9.80. The number of ether oxygens (including phenoxy) is 2. The Labute approximate surface area is 185 Å². The average Bonchev–Trinajstić information content (AvgIpc) is 3.57. The van der Waals surface area contributed by atoms with E-state index in [2.05, 4.69) is 5.10 Å². The molecule has 3 heterocycles. The van der Waals surface area contributed by atoms with Crippen molar-refractivity contribution in [2.45, 2.75) is 6.18 Å². The smallest absolute Gasteiger partial charge is 0.435 e. The number of carbonyl (C=O) groups excluding carboxylic acids is 1. The molecule has 10 heteroatoms. The monoisotopic (exact) mass is 455 g/mol. The molecule has 0 saturated heterocycles. The number of anilines is 1. The molecule has 5 rings (SSSR count). The Hall–Kier alpha value is -4.21. The molecule has 7 nitrogen and oxygen atoms in total. The zero-order valence-electron chi connectivity index (χ0n) is 17.2. The lowest BCUT2D eigenvalue weighted by Crippen LogP contribution is -2.26. The lowest BCUT2D eigenvalue weighted by molar-refractivity contribution is -0.141. The highest BCUT2D eigenvalue weighted by Gasteiger charge is 2.35. The summed E-state index contributed by atoms with van der Waals surface area (Å²) in [4.78, 5) is 14.5. The summed E-state index contributed by atoms with van der Waals surface area (Å²) in [7, 11) is 1.59. The molecule has 2 aromatic carbocycles. The van der Waals surface area contributed by atoms with Gasteiger partial charge in [-0.1, -0.05) is 6.07 Å². The number of aromatic nitrogens is 2. The molecule has 168 valence electrons. The first-order chi connectivity index (χ1) is 15.8. The van der Waals surface area contributed by atoms with Crippen molar-refractivity contribution in [1.29, 1.82) is 0 Å². The van der Waals surface area contributed by atoms with Crippen LogP contribution in [-0.4, -0.2) is 29.5 Å². The Morgan fingerprint density at radius 3 is 2.61 bits per heavy atom. The number of halogens is 3. The van der Waals surface area contributed by atoms with Crippen LogP contribution in [0.15, 0.2) is 71.3 Å². The molecule has 0 saturated carbocycles. The van der Waals surface area contributed by atoms with Gasteiger partial charge in [-0.3, -0.25) is 4.79 Å². The van der Waals surface area contributed by atoms with Crippen LogP contribution in [0.5, 0.6) is 11.5 Å². The number of alkyl halides is 3. The van der Waals surface area contributed by atoms with Crippen molar-refractivity contribution in [3.63, 3.8) is 0 Å². The van der Waals surface area contributed by atoms with Gasteiger partial charge >= 0.3 is 6.18 Å². The number of hydrogen-bond acceptors (Lipinski definition) is 5. The molecular weight excluding hydrogens is 439 g/mol. The van der Waals surface area contributed by atoms with Crippen LogP contribution in [-0.2, 0) is 6.18 Å². The van der Waals surface area contributed by atoms with Gasteiger partial charge in [0, 0.05) is 30.4 Å². The molecule has 0 N–H and O–H groups in total. The molecule has 0 aliphatic carbocycles. The van der Waals surface area contributed by atoms with E-state index in [4.69, 9.17) is 13.9 Å². The maximum absolute atomic E-state index is 13.3. The fraction of sp³-hybridized carbons (Fsp3) is 0.130. The van der Waals surface area contributed by atoms with E-state index in [9.17, 15) is 18.0 Å². The average molecular weight is 455 g/mol. The fourth-order valence-electron chi connectivity index (χ4n) is 3.49. The number of benzene rings is 2. The summed E-state index contributed by atoms with van der Waals surface area (Å²) in [5, 5.41) is 3.73. The van der Waals surface area contributed by atoms with Gasteiger partial charge in [0.2, 0.25) is 6.79 Å². The van der Waals surface area contributed by atoms with Gasteiger partial charge in [-0.2, -0.15) is 18.3 Å². The third-order valence-corrected chi connectivity index (χ3v) is 5.16. The van der Waals surface area contributed by atoms with Crippen LogP contribution >= 0.6 is 0 Å². The number of rotatable bonds is 4. The summed E-state index contributed by atoms with van der Waals surface area (Å²) in [5.41, 5.74) is 0.164. The second-order valence-corrected chi connectivity index (χ2v) is 7.25. The highest BCUT2D eigenvalue weighted by molar-refractivity contribution is 6.06. The van der Waals surface area contributed by atoms with E-state index in [0.29, 0.717) is 17.2 Å². The van der Waals surface area contributed by atoms with Crippen molar-refractivity contribution in [3.8, 4) is 28.6 Å². The second-order valence-electron chi connectivity index (χ2n) is 7.25. The zero-order valence-corrected chi connectivity index (χ0v) is 17.2. The van der Waals surface area contributed by atoms with Crippen molar-refractivity contribution in [2.75, 3.05) is 18.7 Å². The Morgan fingerprint density at radius 2 is 1.85 bits per heavy atom. The minimum Gasteiger partial charge on any atom is -0.463 e. The van der Waals surface area contributed by atoms with Gasteiger partial charge in [0.1, 0.15) is 5.69 Å². The van der Waals surface area contributed by atoms with Crippen LogP contribution in [0.3, 0.4) is 0 Å². The van der Waals surface area contributed by atoms with Crippen molar-refractivity contribution >= 4 is 11.6 Å². The maximum atomic E-state index is 13.3. The predicted octanol–water partition coefficient (Wildman–Crippen LogP) is 5.16. The quantitative estimate of drug-likeness (QED) is 0.425. The molecule has 0 radical (unpaired) electrons. The van der Waals surface area contributed by atoms with Gasteiger partial charge in [-0.15, -0.1) is 0 Å². The Morgan fingerprint density at radius 1 is 1.03 bits per heavy atom. The molecule has 1 aliphatic rings. The molecule has 0 unspecified atom stereocenters. The normalized spacial score (nSPS) is 12.7. The van der Waals surface area contributed by atoms with E-state index in [0.717, 1.165) is 10.7 Å². The summed E-state index contributed by atoms with van der Waals surface area (Å²) < 4.78 is 57.1. The summed E-state index contributed by atoms with van der Waals surface area (Å²) in [6, 6.07) is 15.3. The van der Waals surface area contributed by atoms with E-state index < -0.39 is 11.9 Å². The lowest BCUT2D eigenvalue weighted by atomic mass is 10.1. The molecule has 0 spiro atoms. The second kappa shape index (κ2) is 7.73. The Balaban J connectivity index is 1.51. The van der Waals surface area contributed by atoms with Gasteiger partial charge in [0.05, 0.1) is 12.0 Å². The van der Waals surface area contributed by atoms with Crippen molar-refractivity contribution < 1.29 is 31.9 Å². The standard InChI is InChI=1S/C23H16F3N3O4/c1-28(15-7-8-19-20(11-15)33-13-32-19)22(30)14-4-2-5-16(10-14)29-17(18-6-3-9-31-18)12-21(27-29)23(24,25)26/h2-12H,13H2,1H3. The third kappa shape index (κ3) is 3.79. The molecular formula is C23H16F3N3O4. The van der Waals surface area contributed by atoms with E-state index in [-0.39, 0.29) is 35.4 Å². The molecule has 33 heavy (non-hydrogen) atoms. The molecule has 1 aliphatic heterocycles. The van der Waals surface area contributed by atoms with Crippen LogP contribution < -0.4 is 14.4 Å². The summed E-state index contributed by atoms with van der Waals surface area (Å²) in [6.07, 6.45) is -3.28. The van der Waals surface area contributed by atoms with Crippen molar-refractivity contribution in [2.24, 2.45) is 0 Å². The highest BCUT2D eigenvalue weighted by atomic mass is 19.4. The van der Waals surface area contributed by atoms with E-state index in [1.807, 2.05) is 0 Å².